The predicted octanol–water partition coefficient (Wildman–Crippen LogP) is 3.08. The van der Waals surface area contributed by atoms with Gasteiger partial charge in [0.25, 0.3) is 15.9 Å². The van der Waals surface area contributed by atoms with E-state index in [9.17, 15) is 13.2 Å². The van der Waals surface area contributed by atoms with Crippen LogP contribution in [0.25, 0.3) is 0 Å². The second-order valence-corrected chi connectivity index (χ2v) is 11.3. The summed E-state index contributed by atoms with van der Waals surface area (Å²) in [5.74, 6) is 0.733. The lowest BCUT2D eigenvalue weighted by Crippen LogP contribution is -2.50. The Labute approximate surface area is 162 Å². The molecule has 2 aromatic rings. The molecule has 0 unspecified atom stereocenters. The number of thiophene rings is 2. The van der Waals surface area contributed by atoms with Gasteiger partial charge in [-0.1, -0.05) is 13.0 Å². The zero-order chi connectivity index (χ0) is 18.3. The summed E-state index contributed by atoms with van der Waals surface area (Å²) < 4.78 is 27.0. The van der Waals surface area contributed by atoms with E-state index in [1.807, 2.05) is 0 Å². The molecule has 0 radical (unpaired) electrons. The molecule has 2 aromatic heterocycles. The molecule has 1 atom stereocenters. The largest absolute Gasteiger partial charge is 0.335 e. The summed E-state index contributed by atoms with van der Waals surface area (Å²) in [6.45, 7) is 3.86. The molecule has 1 aliphatic carbocycles. The Morgan fingerprint density at radius 1 is 1.23 bits per heavy atom. The van der Waals surface area contributed by atoms with Gasteiger partial charge in [-0.2, -0.15) is 4.31 Å². The topological polar surface area (TPSA) is 57.7 Å². The number of aryl methyl sites for hydroxylation is 1. The average Bonchev–Trinajstić information content (AvgIpc) is 3.31. The Morgan fingerprint density at radius 3 is 2.69 bits per heavy atom. The highest BCUT2D eigenvalue weighted by molar-refractivity contribution is 7.91. The number of hydrogen-bond acceptors (Lipinski definition) is 5. The van der Waals surface area contributed by atoms with Crippen molar-refractivity contribution < 1.29 is 13.2 Å². The van der Waals surface area contributed by atoms with Gasteiger partial charge in [-0.05, 0) is 48.3 Å². The second-order valence-electron chi connectivity index (χ2n) is 7.04. The monoisotopic (exact) mass is 410 g/mol. The number of carbonyl (C=O) groups excluding carboxylic acids is 1. The van der Waals surface area contributed by atoms with Gasteiger partial charge in [0.2, 0.25) is 0 Å². The van der Waals surface area contributed by atoms with Crippen LogP contribution < -0.4 is 0 Å². The Bertz CT molecular complexity index is 894. The maximum Gasteiger partial charge on any atom is 0.264 e. The molecule has 1 aliphatic heterocycles. The van der Waals surface area contributed by atoms with Crippen molar-refractivity contribution >= 4 is 38.6 Å². The Balaban J connectivity index is 1.43. The van der Waals surface area contributed by atoms with Gasteiger partial charge in [0.1, 0.15) is 4.21 Å². The van der Waals surface area contributed by atoms with Gasteiger partial charge in [-0.25, -0.2) is 8.42 Å². The third kappa shape index (κ3) is 3.35. The van der Waals surface area contributed by atoms with Crippen molar-refractivity contribution in [1.82, 2.24) is 9.21 Å². The minimum atomic E-state index is -3.42. The highest BCUT2D eigenvalue weighted by atomic mass is 32.2. The van der Waals surface area contributed by atoms with Gasteiger partial charge < -0.3 is 4.90 Å². The molecule has 1 amide bonds. The fourth-order valence-corrected chi connectivity index (χ4v) is 7.38. The first kappa shape index (κ1) is 18.2. The fraction of sp³-hybridized carbons (Fsp3) is 0.500. The molecule has 0 spiro atoms. The lowest BCUT2D eigenvalue weighted by Gasteiger charge is -2.33. The highest BCUT2D eigenvalue weighted by Gasteiger charge is 2.32. The highest BCUT2D eigenvalue weighted by Crippen LogP contribution is 2.33. The number of fused-ring (bicyclic) bond motifs is 1. The molecule has 0 bridgehead atoms. The van der Waals surface area contributed by atoms with E-state index in [1.54, 1.807) is 33.7 Å². The van der Waals surface area contributed by atoms with E-state index >= 15 is 0 Å². The molecule has 5 nitrogen and oxygen atoms in total. The molecule has 1 saturated heterocycles. The molecule has 140 valence electrons. The summed E-state index contributed by atoms with van der Waals surface area (Å²) in [6, 6.07) is 5.44. The van der Waals surface area contributed by atoms with E-state index in [2.05, 4.69) is 13.0 Å². The van der Waals surface area contributed by atoms with Crippen LogP contribution in [0.2, 0.25) is 0 Å². The van der Waals surface area contributed by atoms with Crippen LogP contribution in [-0.2, 0) is 22.9 Å². The summed E-state index contributed by atoms with van der Waals surface area (Å²) in [7, 11) is -3.42. The first-order valence-corrected chi connectivity index (χ1v) is 12.0. The summed E-state index contributed by atoms with van der Waals surface area (Å²) in [6.07, 6.45) is 3.33. The average molecular weight is 411 g/mol. The molecule has 4 rings (SSSR count). The normalized spacial score (nSPS) is 21.6. The van der Waals surface area contributed by atoms with Crippen LogP contribution in [0.1, 0.15) is 33.5 Å². The van der Waals surface area contributed by atoms with Crippen LogP contribution in [0.3, 0.4) is 0 Å². The lowest BCUT2D eigenvalue weighted by molar-refractivity contribution is 0.0703. The van der Waals surface area contributed by atoms with Crippen LogP contribution in [-0.4, -0.2) is 49.7 Å². The standard InChI is InChI=1S/C18H22N2O3S3/c1-13-4-5-15-14(11-13)12-16(25-15)18(21)19-6-8-20(9-7-19)26(22,23)17-3-2-10-24-17/h2-3,10,12-13H,4-9,11H2,1H3/t13-/m1/s1. The van der Waals surface area contributed by atoms with Gasteiger partial charge in [0.05, 0.1) is 4.88 Å². The summed E-state index contributed by atoms with van der Waals surface area (Å²) in [5, 5.41) is 1.77. The minimum Gasteiger partial charge on any atom is -0.335 e. The van der Waals surface area contributed by atoms with E-state index < -0.39 is 10.0 Å². The van der Waals surface area contributed by atoms with E-state index in [1.165, 1.54) is 32.5 Å². The van der Waals surface area contributed by atoms with Crippen molar-refractivity contribution in [3.8, 4) is 0 Å². The van der Waals surface area contributed by atoms with Crippen molar-refractivity contribution in [2.24, 2.45) is 5.92 Å². The van der Waals surface area contributed by atoms with Gasteiger partial charge in [0.15, 0.2) is 0 Å². The molecule has 2 aliphatic rings. The zero-order valence-corrected chi connectivity index (χ0v) is 17.1. The van der Waals surface area contributed by atoms with Crippen molar-refractivity contribution in [3.63, 3.8) is 0 Å². The molecule has 3 heterocycles. The van der Waals surface area contributed by atoms with Gasteiger partial charge in [-0.3, -0.25) is 4.79 Å². The van der Waals surface area contributed by atoms with Crippen LogP contribution in [0.5, 0.6) is 0 Å². The Morgan fingerprint density at radius 2 is 2.00 bits per heavy atom. The molecular formula is C18H22N2O3S3. The molecule has 0 N–H and O–H groups in total. The summed E-state index contributed by atoms with van der Waals surface area (Å²) >= 11 is 2.86. The third-order valence-electron chi connectivity index (χ3n) is 5.16. The number of carbonyl (C=O) groups is 1. The lowest BCUT2D eigenvalue weighted by atomic mass is 9.90. The van der Waals surface area contributed by atoms with Gasteiger partial charge >= 0.3 is 0 Å². The summed E-state index contributed by atoms with van der Waals surface area (Å²) in [5.41, 5.74) is 1.33. The molecular weight excluding hydrogens is 388 g/mol. The van der Waals surface area contributed by atoms with E-state index in [-0.39, 0.29) is 5.91 Å². The first-order chi connectivity index (χ1) is 12.4. The Kier molecular flexibility index (Phi) is 4.94. The van der Waals surface area contributed by atoms with Crippen LogP contribution in [0.15, 0.2) is 27.8 Å². The van der Waals surface area contributed by atoms with Crippen molar-refractivity contribution in [2.45, 2.75) is 30.4 Å². The molecule has 0 aromatic carbocycles. The fourth-order valence-electron chi connectivity index (χ4n) is 3.64. The number of amides is 1. The first-order valence-electron chi connectivity index (χ1n) is 8.89. The number of piperazine rings is 1. The maximum atomic E-state index is 12.9. The third-order valence-corrected chi connectivity index (χ3v) is 9.65. The SMILES string of the molecule is C[C@@H]1CCc2sc(C(=O)N3CCN(S(=O)(=O)c4cccs4)CC3)cc2C1. The molecule has 26 heavy (non-hydrogen) atoms. The number of sulfonamides is 1. The predicted molar refractivity (Wildman–Crippen MR) is 104 cm³/mol. The van der Waals surface area contributed by atoms with Crippen LogP contribution in [0, 0.1) is 5.92 Å². The molecule has 1 fully saturated rings. The van der Waals surface area contributed by atoms with E-state index in [4.69, 9.17) is 0 Å². The summed E-state index contributed by atoms with van der Waals surface area (Å²) in [4.78, 5) is 16.8. The number of nitrogens with zero attached hydrogens (tertiary/aromatic N) is 2. The Hall–Kier alpha value is -1.22. The van der Waals surface area contributed by atoms with Gasteiger partial charge in [0, 0.05) is 31.1 Å². The van der Waals surface area contributed by atoms with Gasteiger partial charge in [-0.15, -0.1) is 22.7 Å². The smallest absolute Gasteiger partial charge is 0.264 e. The van der Waals surface area contributed by atoms with E-state index in [0.29, 0.717) is 36.3 Å². The zero-order valence-electron chi connectivity index (χ0n) is 14.7. The molecule has 8 heteroatoms. The van der Waals surface area contributed by atoms with Crippen molar-refractivity contribution in [3.05, 3.63) is 38.9 Å². The van der Waals surface area contributed by atoms with E-state index in [0.717, 1.165) is 17.7 Å². The second kappa shape index (κ2) is 7.07. The molecule has 0 saturated carbocycles. The van der Waals surface area contributed by atoms with Crippen LogP contribution in [0.4, 0.5) is 0 Å². The number of rotatable bonds is 3. The minimum absolute atomic E-state index is 0.0465. The quantitative estimate of drug-likeness (QED) is 0.781. The maximum absolute atomic E-state index is 12.9. The van der Waals surface area contributed by atoms with Crippen molar-refractivity contribution in [2.75, 3.05) is 26.2 Å². The van der Waals surface area contributed by atoms with Crippen molar-refractivity contribution in [1.29, 1.82) is 0 Å². The number of hydrogen-bond donors (Lipinski definition) is 0. The van der Waals surface area contributed by atoms with Crippen LogP contribution >= 0.6 is 22.7 Å².